The number of rotatable bonds is 3. The molecule has 7 nitrogen and oxygen atoms in total. The van der Waals surface area contributed by atoms with Crippen LogP contribution in [-0.4, -0.2) is 43.5 Å². The van der Waals surface area contributed by atoms with Crippen molar-refractivity contribution < 1.29 is 18.0 Å². The largest absolute Gasteiger partial charge is 0.351 e. The fourth-order valence-electron chi connectivity index (χ4n) is 3.28. The second kappa shape index (κ2) is 6.25. The van der Waals surface area contributed by atoms with Crippen molar-refractivity contribution in [2.45, 2.75) is 33.2 Å². The molecule has 2 aliphatic rings. The molecule has 0 bridgehead atoms. The summed E-state index contributed by atoms with van der Waals surface area (Å²) in [4.78, 5) is 25.2. The number of hydrogen-bond donors (Lipinski definition) is 1. The number of anilines is 1. The van der Waals surface area contributed by atoms with Gasteiger partial charge in [-0.05, 0) is 38.8 Å². The number of nitrogens with one attached hydrogen (secondary N) is 1. The summed E-state index contributed by atoms with van der Waals surface area (Å²) in [6, 6.07) is 5.21. The van der Waals surface area contributed by atoms with Crippen molar-refractivity contribution in [1.82, 2.24) is 5.32 Å². The molecule has 2 heterocycles. The molecule has 134 valence electrons. The van der Waals surface area contributed by atoms with E-state index < -0.39 is 33.6 Å². The normalized spacial score (nSPS) is 25.2. The Kier molecular flexibility index (Phi) is 4.40. The Labute approximate surface area is 147 Å². The topological polar surface area (TPSA) is 95.9 Å². The molecule has 2 atom stereocenters. The van der Waals surface area contributed by atoms with Gasteiger partial charge in [0.1, 0.15) is 0 Å². The number of carbonyl (C=O) groups is 2. The van der Waals surface area contributed by atoms with Crippen LogP contribution >= 0.6 is 0 Å². The van der Waals surface area contributed by atoms with Crippen molar-refractivity contribution in [2.75, 3.05) is 16.5 Å². The van der Waals surface area contributed by atoms with Gasteiger partial charge in [0.2, 0.25) is 5.91 Å². The van der Waals surface area contributed by atoms with E-state index in [0.29, 0.717) is 17.8 Å². The lowest BCUT2D eigenvalue weighted by Gasteiger charge is -2.18. The number of amides is 2. The van der Waals surface area contributed by atoms with E-state index in [9.17, 15) is 18.0 Å². The summed E-state index contributed by atoms with van der Waals surface area (Å²) >= 11 is 0. The molecular weight excluding hydrogens is 342 g/mol. The van der Waals surface area contributed by atoms with E-state index in [0.717, 1.165) is 11.1 Å². The molecule has 25 heavy (non-hydrogen) atoms. The van der Waals surface area contributed by atoms with Crippen molar-refractivity contribution in [1.29, 1.82) is 0 Å². The molecule has 1 fully saturated rings. The first-order chi connectivity index (χ1) is 11.7. The Balaban J connectivity index is 1.77. The first-order valence-corrected chi connectivity index (χ1v) is 9.97. The Morgan fingerprint density at radius 3 is 2.60 bits per heavy atom. The fourth-order valence-corrected chi connectivity index (χ4v) is 4.95. The molecule has 8 heteroatoms. The van der Waals surface area contributed by atoms with Gasteiger partial charge in [-0.3, -0.25) is 9.59 Å². The van der Waals surface area contributed by atoms with Gasteiger partial charge in [-0.25, -0.2) is 8.42 Å². The van der Waals surface area contributed by atoms with Crippen LogP contribution in [0.15, 0.2) is 23.3 Å². The molecule has 1 N–H and O–H groups in total. The highest BCUT2D eigenvalue weighted by molar-refractivity contribution is 7.91. The van der Waals surface area contributed by atoms with Crippen molar-refractivity contribution in [2.24, 2.45) is 11.0 Å². The molecule has 2 amide bonds. The summed E-state index contributed by atoms with van der Waals surface area (Å²) in [6.45, 7) is 5.48. The zero-order valence-corrected chi connectivity index (χ0v) is 15.3. The van der Waals surface area contributed by atoms with Crippen LogP contribution in [-0.2, 0) is 19.4 Å². The lowest BCUT2D eigenvalue weighted by molar-refractivity contribution is -0.130. The maximum atomic E-state index is 12.7. The second-order valence-electron chi connectivity index (χ2n) is 6.72. The van der Waals surface area contributed by atoms with Gasteiger partial charge < -0.3 is 5.32 Å². The Bertz CT molecular complexity index is 876. The van der Waals surface area contributed by atoms with Crippen LogP contribution < -0.4 is 10.3 Å². The van der Waals surface area contributed by atoms with Crippen LogP contribution in [0.25, 0.3) is 0 Å². The van der Waals surface area contributed by atoms with Crippen LogP contribution in [0.2, 0.25) is 0 Å². The summed E-state index contributed by atoms with van der Waals surface area (Å²) in [7, 11) is -3.10. The summed E-state index contributed by atoms with van der Waals surface area (Å²) in [5.74, 6) is -1.91. The molecule has 3 rings (SSSR count). The maximum Gasteiger partial charge on any atom is 0.265 e. The summed E-state index contributed by atoms with van der Waals surface area (Å²) in [6.07, 6.45) is 0.381. The van der Waals surface area contributed by atoms with E-state index in [1.54, 1.807) is 6.92 Å². The van der Waals surface area contributed by atoms with E-state index in [-0.39, 0.29) is 11.5 Å². The molecule has 1 aromatic carbocycles. The van der Waals surface area contributed by atoms with Gasteiger partial charge in [0.05, 0.1) is 22.9 Å². The predicted molar refractivity (Wildman–Crippen MR) is 95.2 cm³/mol. The molecule has 0 aliphatic carbocycles. The molecule has 2 aliphatic heterocycles. The van der Waals surface area contributed by atoms with Crippen molar-refractivity contribution >= 4 is 33.1 Å². The van der Waals surface area contributed by atoms with Crippen molar-refractivity contribution in [3.05, 3.63) is 29.3 Å². The van der Waals surface area contributed by atoms with E-state index in [4.69, 9.17) is 0 Å². The van der Waals surface area contributed by atoms with Gasteiger partial charge in [0, 0.05) is 6.04 Å². The minimum Gasteiger partial charge on any atom is -0.351 e. The first kappa shape index (κ1) is 17.6. The average molecular weight is 363 g/mol. The molecule has 0 radical (unpaired) electrons. The predicted octanol–water partition coefficient (Wildman–Crippen LogP) is 0.945. The molecular formula is C17H21N3O4S. The SMILES string of the molecule is CC1=NN(c2ccc(C)cc2C)C(=O)[C@@H]1C(=O)N[C@H]1CCS(=O)(=O)C1. The number of carbonyl (C=O) groups excluding carboxylic acids is 2. The van der Waals surface area contributed by atoms with Crippen LogP contribution in [0.3, 0.4) is 0 Å². The number of hydrazone groups is 1. The number of hydrogen-bond acceptors (Lipinski definition) is 5. The smallest absolute Gasteiger partial charge is 0.265 e. The standard InChI is InChI=1S/C17H21N3O4S/c1-10-4-5-14(11(2)8-10)20-17(22)15(12(3)19-20)16(21)18-13-6-7-25(23,24)9-13/h4-5,8,13,15H,6-7,9H2,1-3H3,(H,18,21)/t13-,15-/m0/s1. The van der Waals surface area contributed by atoms with E-state index >= 15 is 0 Å². The lowest BCUT2D eigenvalue weighted by Crippen LogP contribution is -2.45. The van der Waals surface area contributed by atoms with E-state index in [1.807, 2.05) is 32.0 Å². The van der Waals surface area contributed by atoms with Gasteiger partial charge in [0.25, 0.3) is 5.91 Å². The van der Waals surface area contributed by atoms with Gasteiger partial charge in [-0.15, -0.1) is 0 Å². The van der Waals surface area contributed by atoms with E-state index in [1.165, 1.54) is 5.01 Å². The Morgan fingerprint density at radius 1 is 1.28 bits per heavy atom. The zero-order valence-electron chi connectivity index (χ0n) is 14.4. The van der Waals surface area contributed by atoms with Gasteiger partial charge in [-0.1, -0.05) is 17.7 Å². The Morgan fingerprint density at radius 2 is 2.00 bits per heavy atom. The minimum atomic E-state index is -3.10. The zero-order chi connectivity index (χ0) is 18.4. The first-order valence-electron chi connectivity index (χ1n) is 8.15. The minimum absolute atomic E-state index is 0.0678. The quantitative estimate of drug-likeness (QED) is 0.809. The van der Waals surface area contributed by atoms with Crippen LogP contribution in [0.4, 0.5) is 5.69 Å². The number of benzene rings is 1. The number of nitrogens with zero attached hydrogens (tertiary/aromatic N) is 2. The third-order valence-corrected chi connectivity index (χ3v) is 6.32. The third-order valence-electron chi connectivity index (χ3n) is 4.55. The highest BCUT2D eigenvalue weighted by Crippen LogP contribution is 2.28. The fraction of sp³-hybridized carbons (Fsp3) is 0.471. The monoisotopic (exact) mass is 363 g/mol. The summed E-state index contributed by atoms with van der Waals surface area (Å²) in [5.41, 5.74) is 3.02. The molecule has 1 aromatic rings. The number of sulfone groups is 1. The van der Waals surface area contributed by atoms with Crippen LogP contribution in [0.1, 0.15) is 24.5 Å². The van der Waals surface area contributed by atoms with Gasteiger partial charge in [-0.2, -0.15) is 10.1 Å². The highest BCUT2D eigenvalue weighted by Gasteiger charge is 2.41. The highest BCUT2D eigenvalue weighted by atomic mass is 32.2. The summed E-state index contributed by atoms with van der Waals surface area (Å²) in [5, 5.41) is 8.21. The third kappa shape index (κ3) is 3.44. The van der Waals surface area contributed by atoms with Gasteiger partial charge in [0.15, 0.2) is 15.8 Å². The van der Waals surface area contributed by atoms with Crippen LogP contribution in [0.5, 0.6) is 0 Å². The lowest BCUT2D eigenvalue weighted by atomic mass is 10.0. The van der Waals surface area contributed by atoms with Crippen molar-refractivity contribution in [3.63, 3.8) is 0 Å². The van der Waals surface area contributed by atoms with Gasteiger partial charge >= 0.3 is 0 Å². The van der Waals surface area contributed by atoms with Crippen LogP contribution in [0, 0.1) is 19.8 Å². The number of aryl methyl sites for hydroxylation is 2. The average Bonchev–Trinajstić information content (AvgIpc) is 2.98. The summed E-state index contributed by atoms with van der Waals surface area (Å²) < 4.78 is 23.0. The van der Waals surface area contributed by atoms with Crippen molar-refractivity contribution in [3.8, 4) is 0 Å². The molecule has 0 saturated carbocycles. The Hall–Kier alpha value is -2.22. The maximum absolute atomic E-state index is 12.7. The molecule has 1 saturated heterocycles. The second-order valence-corrected chi connectivity index (χ2v) is 8.95. The molecule has 0 unspecified atom stereocenters. The molecule has 0 aromatic heterocycles. The van der Waals surface area contributed by atoms with E-state index in [2.05, 4.69) is 10.4 Å². The molecule has 0 spiro atoms.